The maximum Gasteiger partial charge on any atom is 0.0489 e. The van der Waals surface area contributed by atoms with Crippen LogP contribution >= 0.6 is 15.9 Å². The molecule has 0 radical (unpaired) electrons. The SMILES string of the molecule is Cc1cc(Br)cc2c3c([nH]c12)CCC3. The number of hydrogen-bond acceptors (Lipinski definition) is 0. The fraction of sp³-hybridized carbons (Fsp3) is 0.333. The van der Waals surface area contributed by atoms with E-state index in [2.05, 4.69) is 40.0 Å². The van der Waals surface area contributed by atoms with Crippen LogP contribution in [0.15, 0.2) is 16.6 Å². The summed E-state index contributed by atoms with van der Waals surface area (Å²) in [6.07, 6.45) is 3.77. The molecule has 1 heterocycles. The van der Waals surface area contributed by atoms with Crippen molar-refractivity contribution in [1.82, 2.24) is 4.98 Å². The molecule has 0 bridgehead atoms. The standard InChI is InChI=1S/C12H12BrN/c1-7-5-8(13)6-10-9-3-2-4-11(9)14-12(7)10/h5-6,14H,2-4H2,1H3. The van der Waals surface area contributed by atoms with Crippen LogP contribution < -0.4 is 0 Å². The van der Waals surface area contributed by atoms with Gasteiger partial charge in [-0.3, -0.25) is 0 Å². The normalized spacial score (nSPS) is 15.0. The number of aromatic amines is 1. The molecule has 0 amide bonds. The maximum atomic E-state index is 3.56. The van der Waals surface area contributed by atoms with Crippen molar-refractivity contribution in [3.63, 3.8) is 0 Å². The number of fused-ring (bicyclic) bond motifs is 3. The van der Waals surface area contributed by atoms with Gasteiger partial charge in [-0.1, -0.05) is 15.9 Å². The number of benzene rings is 1. The first kappa shape index (κ1) is 8.54. The molecule has 0 saturated carbocycles. The van der Waals surface area contributed by atoms with Gasteiger partial charge in [0, 0.05) is 21.1 Å². The van der Waals surface area contributed by atoms with Crippen molar-refractivity contribution in [3.05, 3.63) is 33.4 Å². The van der Waals surface area contributed by atoms with Crippen molar-refractivity contribution < 1.29 is 0 Å². The molecule has 1 aliphatic rings. The van der Waals surface area contributed by atoms with Gasteiger partial charge in [-0.15, -0.1) is 0 Å². The minimum Gasteiger partial charge on any atom is -0.358 e. The minimum atomic E-state index is 1.19. The second-order valence-corrected chi connectivity index (χ2v) is 5.00. The summed E-state index contributed by atoms with van der Waals surface area (Å²) < 4.78 is 1.19. The summed E-state index contributed by atoms with van der Waals surface area (Å²) >= 11 is 3.56. The number of aryl methyl sites for hydroxylation is 3. The summed E-state index contributed by atoms with van der Waals surface area (Å²) in [5.74, 6) is 0. The van der Waals surface area contributed by atoms with Crippen LogP contribution in [0.2, 0.25) is 0 Å². The molecule has 0 unspecified atom stereocenters. The Morgan fingerprint density at radius 1 is 1.29 bits per heavy atom. The summed E-state index contributed by atoms with van der Waals surface area (Å²) in [7, 11) is 0. The van der Waals surface area contributed by atoms with Gasteiger partial charge in [0.2, 0.25) is 0 Å². The van der Waals surface area contributed by atoms with Gasteiger partial charge in [-0.2, -0.15) is 0 Å². The Bertz CT molecular complexity index is 511. The van der Waals surface area contributed by atoms with Crippen LogP contribution in [0.4, 0.5) is 0 Å². The smallest absolute Gasteiger partial charge is 0.0489 e. The lowest BCUT2D eigenvalue weighted by Gasteiger charge is -1.99. The van der Waals surface area contributed by atoms with Crippen molar-refractivity contribution in [3.8, 4) is 0 Å². The highest BCUT2D eigenvalue weighted by Gasteiger charge is 2.17. The first-order valence-corrected chi connectivity index (χ1v) is 5.84. The molecular formula is C12H12BrN. The molecule has 0 saturated heterocycles. The van der Waals surface area contributed by atoms with Crippen molar-refractivity contribution in [2.24, 2.45) is 0 Å². The predicted molar refractivity (Wildman–Crippen MR) is 62.8 cm³/mol. The molecule has 1 aromatic heterocycles. The fourth-order valence-electron chi connectivity index (χ4n) is 2.48. The number of rotatable bonds is 0. The molecule has 0 fully saturated rings. The van der Waals surface area contributed by atoms with E-state index < -0.39 is 0 Å². The Hall–Kier alpha value is -0.760. The van der Waals surface area contributed by atoms with Crippen molar-refractivity contribution >= 4 is 26.8 Å². The highest BCUT2D eigenvalue weighted by atomic mass is 79.9. The van der Waals surface area contributed by atoms with Crippen LogP contribution in [-0.2, 0) is 12.8 Å². The topological polar surface area (TPSA) is 15.8 Å². The van der Waals surface area contributed by atoms with Crippen LogP contribution in [-0.4, -0.2) is 4.98 Å². The fourth-order valence-corrected chi connectivity index (χ4v) is 3.05. The second-order valence-electron chi connectivity index (χ2n) is 4.08. The summed E-state index contributed by atoms with van der Waals surface area (Å²) in [6, 6.07) is 4.41. The number of nitrogens with one attached hydrogen (secondary N) is 1. The zero-order chi connectivity index (χ0) is 9.71. The zero-order valence-electron chi connectivity index (χ0n) is 8.15. The third-order valence-corrected chi connectivity index (χ3v) is 3.58. The molecular weight excluding hydrogens is 238 g/mol. The number of aromatic nitrogens is 1. The lowest BCUT2D eigenvalue weighted by atomic mass is 10.1. The predicted octanol–water partition coefficient (Wildman–Crippen LogP) is 3.73. The molecule has 0 aliphatic heterocycles. The van der Waals surface area contributed by atoms with Crippen LogP contribution in [0, 0.1) is 6.92 Å². The third kappa shape index (κ3) is 1.07. The van der Waals surface area contributed by atoms with Crippen molar-refractivity contribution in [2.75, 3.05) is 0 Å². The van der Waals surface area contributed by atoms with Crippen LogP contribution in [0.5, 0.6) is 0 Å². The molecule has 2 heteroatoms. The average molecular weight is 250 g/mol. The van der Waals surface area contributed by atoms with E-state index >= 15 is 0 Å². The molecule has 72 valence electrons. The van der Waals surface area contributed by atoms with Gasteiger partial charge in [-0.25, -0.2) is 0 Å². The van der Waals surface area contributed by atoms with E-state index in [1.54, 1.807) is 5.56 Å². The van der Waals surface area contributed by atoms with Gasteiger partial charge in [0.25, 0.3) is 0 Å². The lowest BCUT2D eigenvalue weighted by molar-refractivity contribution is 0.898. The Kier molecular flexibility index (Phi) is 1.75. The molecule has 0 spiro atoms. The van der Waals surface area contributed by atoms with E-state index in [4.69, 9.17) is 0 Å². The largest absolute Gasteiger partial charge is 0.358 e. The van der Waals surface area contributed by atoms with Crippen LogP contribution in [0.3, 0.4) is 0 Å². The van der Waals surface area contributed by atoms with Crippen LogP contribution in [0.1, 0.15) is 23.2 Å². The first-order chi connectivity index (χ1) is 6.75. The van der Waals surface area contributed by atoms with Gasteiger partial charge in [0.15, 0.2) is 0 Å². The van der Waals surface area contributed by atoms with Gasteiger partial charge in [-0.05, 0) is 49.4 Å². The van der Waals surface area contributed by atoms with Crippen molar-refractivity contribution in [1.29, 1.82) is 0 Å². The number of H-pyrrole nitrogens is 1. The number of hydrogen-bond donors (Lipinski definition) is 1. The van der Waals surface area contributed by atoms with Gasteiger partial charge in [0.1, 0.15) is 0 Å². The van der Waals surface area contributed by atoms with Gasteiger partial charge in [0.05, 0.1) is 0 Å². The van der Waals surface area contributed by atoms with E-state index in [1.807, 2.05) is 0 Å². The molecule has 2 aromatic rings. The lowest BCUT2D eigenvalue weighted by Crippen LogP contribution is -1.81. The van der Waals surface area contributed by atoms with E-state index in [1.165, 1.54) is 45.9 Å². The van der Waals surface area contributed by atoms with E-state index in [9.17, 15) is 0 Å². The number of halogens is 1. The summed E-state index contributed by atoms with van der Waals surface area (Å²) in [6.45, 7) is 2.17. The summed E-state index contributed by atoms with van der Waals surface area (Å²) in [4.78, 5) is 3.55. The molecule has 1 N–H and O–H groups in total. The zero-order valence-corrected chi connectivity index (χ0v) is 9.74. The first-order valence-electron chi connectivity index (χ1n) is 5.05. The Morgan fingerprint density at radius 2 is 2.14 bits per heavy atom. The van der Waals surface area contributed by atoms with E-state index in [0.29, 0.717) is 0 Å². The van der Waals surface area contributed by atoms with Crippen LogP contribution in [0.25, 0.3) is 10.9 Å². The molecule has 0 atom stereocenters. The molecule has 1 aliphatic carbocycles. The van der Waals surface area contributed by atoms with E-state index in [-0.39, 0.29) is 0 Å². The van der Waals surface area contributed by atoms with Crippen molar-refractivity contribution in [2.45, 2.75) is 26.2 Å². The third-order valence-electron chi connectivity index (χ3n) is 3.12. The Labute approximate surface area is 91.6 Å². The second kappa shape index (κ2) is 2.86. The molecule has 1 nitrogen and oxygen atoms in total. The maximum absolute atomic E-state index is 3.56. The molecule has 3 rings (SSSR count). The monoisotopic (exact) mass is 249 g/mol. The van der Waals surface area contributed by atoms with E-state index in [0.717, 1.165) is 0 Å². The highest BCUT2D eigenvalue weighted by molar-refractivity contribution is 9.10. The molecule has 14 heavy (non-hydrogen) atoms. The Morgan fingerprint density at radius 3 is 3.00 bits per heavy atom. The van der Waals surface area contributed by atoms with Gasteiger partial charge < -0.3 is 4.98 Å². The summed E-state index contributed by atoms with van der Waals surface area (Å²) in [5.41, 5.74) is 5.67. The highest BCUT2D eigenvalue weighted by Crippen LogP contribution is 2.33. The minimum absolute atomic E-state index is 1.19. The Balaban J connectivity index is 2.43. The summed E-state index contributed by atoms with van der Waals surface area (Å²) in [5, 5.41) is 1.42. The molecule has 1 aromatic carbocycles. The average Bonchev–Trinajstić information content (AvgIpc) is 2.65. The quantitative estimate of drug-likeness (QED) is 0.733. The van der Waals surface area contributed by atoms with Gasteiger partial charge >= 0.3 is 0 Å².